The molecule has 0 N–H and O–H groups in total. The Balaban J connectivity index is 2.57. The summed E-state index contributed by atoms with van der Waals surface area (Å²) in [4.78, 5) is 11.0. The molecule has 0 amide bonds. The second-order valence-electron chi connectivity index (χ2n) is 4.95. The fourth-order valence-electron chi connectivity index (χ4n) is 1.39. The Labute approximate surface area is 108 Å². The number of carbonyl (C=O) groups excluding carboxylic acids is 1. The van der Waals surface area contributed by atoms with E-state index in [0.29, 0.717) is 12.4 Å². The summed E-state index contributed by atoms with van der Waals surface area (Å²) in [7, 11) is 0. The van der Waals surface area contributed by atoms with Crippen molar-refractivity contribution in [3.63, 3.8) is 0 Å². The number of ether oxygens (including phenoxy) is 2. The van der Waals surface area contributed by atoms with Crippen LogP contribution in [-0.2, 0) is 14.9 Å². The molecule has 0 aliphatic carbocycles. The molecule has 0 bridgehead atoms. The lowest BCUT2D eigenvalue weighted by atomic mass is 9.87. The molecule has 3 heteroatoms. The van der Waals surface area contributed by atoms with Gasteiger partial charge >= 0.3 is 5.97 Å². The van der Waals surface area contributed by atoms with Crippen molar-refractivity contribution in [2.45, 2.75) is 33.1 Å². The highest BCUT2D eigenvalue weighted by molar-refractivity contribution is 5.81. The summed E-state index contributed by atoms with van der Waals surface area (Å²) in [5, 5.41) is 0. The Kier molecular flexibility index (Phi) is 4.95. The van der Waals surface area contributed by atoms with Gasteiger partial charge in [-0.2, -0.15) is 0 Å². The van der Waals surface area contributed by atoms with Gasteiger partial charge in [0.15, 0.2) is 0 Å². The summed E-state index contributed by atoms with van der Waals surface area (Å²) in [6.07, 6.45) is 2.60. The van der Waals surface area contributed by atoms with Crippen LogP contribution in [0, 0.1) is 0 Å². The summed E-state index contributed by atoms with van der Waals surface area (Å²) < 4.78 is 10.0. The van der Waals surface area contributed by atoms with Crippen LogP contribution >= 0.6 is 0 Å². The number of rotatable bonds is 4. The van der Waals surface area contributed by atoms with Crippen molar-refractivity contribution in [2.75, 3.05) is 6.61 Å². The molecule has 1 aromatic rings. The van der Waals surface area contributed by atoms with Gasteiger partial charge < -0.3 is 9.47 Å². The van der Waals surface area contributed by atoms with Crippen molar-refractivity contribution >= 4 is 5.97 Å². The van der Waals surface area contributed by atoms with E-state index in [-0.39, 0.29) is 5.41 Å². The van der Waals surface area contributed by atoms with E-state index in [1.54, 1.807) is 6.92 Å². The van der Waals surface area contributed by atoms with Crippen LogP contribution in [0.2, 0.25) is 0 Å². The van der Waals surface area contributed by atoms with Gasteiger partial charge in [-0.1, -0.05) is 32.9 Å². The molecule has 0 radical (unpaired) electrons. The highest BCUT2D eigenvalue weighted by Crippen LogP contribution is 2.24. The van der Waals surface area contributed by atoms with Crippen LogP contribution in [0.5, 0.6) is 5.75 Å². The van der Waals surface area contributed by atoms with E-state index in [4.69, 9.17) is 9.47 Å². The Morgan fingerprint density at radius 1 is 1.22 bits per heavy atom. The summed E-state index contributed by atoms with van der Waals surface area (Å²) in [5.74, 6) is 0.298. The van der Waals surface area contributed by atoms with Gasteiger partial charge in [0.1, 0.15) is 5.75 Å². The molecule has 3 nitrogen and oxygen atoms in total. The van der Waals surface area contributed by atoms with Crippen LogP contribution in [0.25, 0.3) is 0 Å². The molecule has 0 heterocycles. The van der Waals surface area contributed by atoms with Crippen molar-refractivity contribution in [3.05, 3.63) is 42.2 Å². The topological polar surface area (TPSA) is 35.5 Å². The number of benzene rings is 1. The molecule has 0 saturated heterocycles. The maximum atomic E-state index is 11.0. The first-order valence-electron chi connectivity index (χ1n) is 6.04. The number of hydrogen-bond acceptors (Lipinski definition) is 3. The minimum Gasteiger partial charge on any atom is -0.465 e. The van der Waals surface area contributed by atoms with E-state index >= 15 is 0 Å². The summed E-state index contributed by atoms with van der Waals surface area (Å²) in [6.45, 7) is 8.60. The molecule has 1 rings (SSSR count). The monoisotopic (exact) mass is 248 g/mol. The Morgan fingerprint density at radius 3 is 2.33 bits per heavy atom. The fourth-order valence-corrected chi connectivity index (χ4v) is 1.39. The van der Waals surface area contributed by atoms with Crippen molar-refractivity contribution in [2.24, 2.45) is 0 Å². The van der Waals surface area contributed by atoms with Crippen molar-refractivity contribution in [3.8, 4) is 5.75 Å². The van der Waals surface area contributed by atoms with Crippen LogP contribution in [0.3, 0.4) is 0 Å². The van der Waals surface area contributed by atoms with Crippen molar-refractivity contribution < 1.29 is 14.3 Å². The summed E-state index contributed by atoms with van der Waals surface area (Å²) in [5.41, 5.74) is 1.36. The van der Waals surface area contributed by atoms with Gasteiger partial charge in [-0.3, -0.25) is 0 Å². The first-order valence-corrected chi connectivity index (χ1v) is 6.04. The van der Waals surface area contributed by atoms with Gasteiger partial charge in [0.25, 0.3) is 0 Å². The first kappa shape index (κ1) is 14.3. The molecule has 0 aliphatic heterocycles. The van der Waals surface area contributed by atoms with E-state index in [1.807, 2.05) is 24.3 Å². The highest BCUT2D eigenvalue weighted by Gasteiger charge is 2.12. The van der Waals surface area contributed by atoms with Crippen LogP contribution in [-0.4, -0.2) is 12.6 Å². The lowest BCUT2D eigenvalue weighted by Gasteiger charge is -2.18. The molecule has 18 heavy (non-hydrogen) atoms. The van der Waals surface area contributed by atoms with E-state index in [1.165, 1.54) is 17.9 Å². The second-order valence-corrected chi connectivity index (χ2v) is 4.95. The molecule has 1 aromatic carbocycles. The summed E-state index contributed by atoms with van der Waals surface area (Å²) >= 11 is 0. The van der Waals surface area contributed by atoms with E-state index in [2.05, 4.69) is 20.8 Å². The molecule has 98 valence electrons. The predicted octanol–water partition coefficient (Wildman–Crippen LogP) is 3.44. The third-order valence-electron chi connectivity index (χ3n) is 2.42. The van der Waals surface area contributed by atoms with Crippen LogP contribution in [0.15, 0.2) is 36.6 Å². The molecule has 0 spiro atoms. The van der Waals surface area contributed by atoms with Gasteiger partial charge in [0, 0.05) is 0 Å². The molecule has 0 saturated carbocycles. The van der Waals surface area contributed by atoms with Crippen LogP contribution in [0.1, 0.15) is 33.3 Å². The quantitative estimate of drug-likeness (QED) is 0.465. The van der Waals surface area contributed by atoms with E-state index in [0.717, 1.165) is 0 Å². The maximum Gasteiger partial charge on any atom is 0.333 e. The minimum atomic E-state index is -0.399. The van der Waals surface area contributed by atoms with E-state index < -0.39 is 5.97 Å². The molecular formula is C15H20O3. The minimum absolute atomic E-state index is 0.124. The van der Waals surface area contributed by atoms with Gasteiger partial charge in [-0.05, 0) is 30.0 Å². The Morgan fingerprint density at radius 2 is 1.83 bits per heavy atom. The third kappa shape index (κ3) is 4.62. The zero-order chi connectivity index (χ0) is 13.6. The van der Waals surface area contributed by atoms with Gasteiger partial charge in [-0.25, -0.2) is 4.79 Å². The average molecular weight is 248 g/mol. The number of esters is 1. The zero-order valence-corrected chi connectivity index (χ0v) is 11.4. The molecule has 0 atom stereocenters. The summed E-state index contributed by atoms with van der Waals surface area (Å²) in [6, 6.07) is 7.81. The van der Waals surface area contributed by atoms with Gasteiger partial charge in [0.2, 0.25) is 0 Å². The third-order valence-corrected chi connectivity index (χ3v) is 2.42. The lowest BCUT2D eigenvalue weighted by Crippen LogP contribution is -2.10. The smallest absolute Gasteiger partial charge is 0.333 e. The predicted molar refractivity (Wildman–Crippen MR) is 71.5 cm³/mol. The van der Waals surface area contributed by atoms with Gasteiger partial charge in [0.05, 0.1) is 18.9 Å². The molecular weight excluding hydrogens is 228 g/mol. The standard InChI is InChI=1S/C15H20O3/c1-5-17-14(16)10-11-18-13-8-6-12(7-9-13)15(2,3)4/h6-11H,5H2,1-4H3/b11-10+. The Bertz CT molecular complexity index is 410. The maximum absolute atomic E-state index is 11.0. The number of carbonyl (C=O) groups is 1. The molecule has 0 aliphatic rings. The second kappa shape index (κ2) is 6.24. The fraction of sp³-hybridized carbons (Fsp3) is 0.400. The molecule has 0 unspecified atom stereocenters. The highest BCUT2D eigenvalue weighted by atomic mass is 16.5. The SMILES string of the molecule is CCOC(=O)/C=C/Oc1ccc(C(C)(C)C)cc1. The lowest BCUT2D eigenvalue weighted by molar-refractivity contribution is -0.137. The van der Waals surface area contributed by atoms with Crippen molar-refractivity contribution in [1.29, 1.82) is 0 Å². The normalized spacial score (nSPS) is 11.6. The Hall–Kier alpha value is -1.77. The average Bonchev–Trinajstić information content (AvgIpc) is 2.29. The van der Waals surface area contributed by atoms with Gasteiger partial charge in [-0.15, -0.1) is 0 Å². The first-order chi connectivity index (χ1) is 8.43. The number of hydrogen-bond donors (Lipinski definition) is 0. The van der Waals surface area contributed by atoms with Crippen molar-refractivity contribution in [1.82, 2.24) is 0 Å². The molecule has 0 fully saturated rings. The zero-order valence-electron chi connectivity index (χ0n) is 11.4. The van der Waals surface area contributed by atoms with E-state index in [9.17, 15) is 4.79 Å². The largest absolute Gasteiger partial charge is 0.465 e. The van der Waals surface area contributed by atoms with Crippen LogP contribution in [0.4, 0.5) is 0 Å². The van der Waals surface area contributed by atoms with Crippen LogP contribution < -0.4 is 4.74 Å². The molecule has 0 aromatic heterocycles.